The van der Waals surface area contributed by atoms with Crippen LogP contribution >= 0.6 is 0 Å². The minimum Gasteiger partial charge on any atom is -0.411 e. The summed E-state index contributed by atoms with van der Waals surface area (Å²) in [6.45, 7) is 3.20. The Morgan fingerprint density at radius 2 is 2.18 bits per heavy atom. The van der Waals surface area contributed by atoms with E-state index >= 15 is 0 Å². The Morgan fingerprint density at radius 1 is 1.55 bits per heavy atom. The molecule has 1 amide bonds. The number of nitrogens with zero attached hydrogens (tertiary/aromatic N) is 3. The number of oxime groups is 1. The van der Waals surface area contributed by atoms with Crippen LogP contribution in [0.2, 0.25) is 0 Å². The fraction of sp³-hybridized carbons (Fsp3) is 0.357. The van der Waals surface area contributed by atoms with Gasteiger partial charge in [0.2, 0.25) is 6.04 Å². The molecule has 8 heteroatoms. The first-order valence-corrected chi connectivity index (χ1v) is 6.72. The Hall–Kier alpha value is -2.77. The zero-order valence-electron chi connectivity index (χ0n) is 12.4. The lowest BCUT2D eigenvalue weighted by Gasteiger charge is -2.09. The highest BCUT2D eigenvalue weighted by atomic mass is 16.6. The van der Waals surface area contributed by atoms with Gasteiger partial charge in [-0.05, 0) is 24.6 Å². The van der Waals surface area contributed by atoms with Crippen LogP contribution in [0.1, 0.15) is 30.6 Å². The highest BCUT2D eigenvalue weighted by molar-refractivity contribution is 6.01. The molecule has 1 atom stereocenters. The van der Waals surface area contributed by atoms with Crippen molar-refractivity contribution in [1.29, 1.82) is 0 Å². The van der Waals surface area contributed by atoms with Gasteiger partial charge >= 0.3 is 0 Å². The summed E-state index contributed by atoms with van der Waals surface area (Å²) in [7, 11) is 0. The molecule has 0 aliphatic heterocycles. The van der Waals surface area contributed by atoms with Gasteiger partial charge < -0.3 is 10.5 Å². The molecule has 0 aromatic carbocycles. The molecular weight excluding hydrogens is 288 g/mol. The molecule has 8 nitrogen and oxygen atoms in total. The molecular formula is C14H18N4O4. The molecule has 0 aliphatic carbocycles. The quantitative estimate of drug-likeness (QED) is 0.343. The van der Waals surface area contributed by atoms with E-state index in [1.165, 1.54) is 25.4 Å². The third-order valence-corrected chi connectivity index (χ3v) is 3.11. The molecule has 1 heterocycles. The molecule has 0 saturated heterocycles. The standard InChI is InChI=1S/C14H18N4O4/c1-3-11(10(2)18(21)22)8-13(17-20)9-16-14(19)12-4-6-15-7-5-12/h4-8,10,20H,3,9H2,1-2H3,(H,16,19)/b11-8+,17-13+. The first kappa shape index (κ1) is 17.3. The summed E-state index contributed by atoms with van der Waals surface area (Å²) in [6.07, 6.45) is 4.85. The highest BCUT2D eigenvalue weighted by Crippen LogP contribution is 2.10. The summed E-state index contributed by atoms with van der Waals surface area (Å²) in [4.78, 5) is 26.1. The van der Waals surface area contributed by atoms with Crippen LogP contribution in [0.4, 0.5) is 0 Å². The fourth-order valence-electron chi connectivity index (χ4n) is 1.76. The number of aromatic nitrogens is 1. The Morgan fingerprint density at radius 3 is 2.68 bits per heavy atom. The summed E-state index contributed by atoms with van der Waals surface area (Å²) in [6, 6.07) is 2.22. The van der Waals surface area contributed by atoms with Crippen molar-refractivity contribution >= 4 is 11.6 Å². The van der Waals surface area contributed by atoms with Gasteiger partial charge in [-0.1, -0.05) is 12.1 Å². The molecule has 0 aliphatic rings. The summed E-state index contributed by atoms with van der Waals surface area (Å²) < 4.78 is 0. The second kappa shape index (κ2) is 8.50. The number of carbonyl (C=O) groups is 1. The Labute approximate surface area is 127 Å². The van der Waals surface area contributed by atoms with Crippen LogP contribution in [0, 0.1) is 10.1 Å². The molecule has 2 N–H and O–H groups in total. The maximum absolute atomic E-state index is 11.9. The lowest BCUT2D eigenvalue weighted by atomic mass is 10.0. The second-order valence-corrected chi connectivity index (χ2v) is 4.54. The van der Waals surface area contributed by atoms with Crippen LogP contribution in [0.3, 0.4) is 0 Å². The molecule has 1 unspecified atom stereocenters. The van der Waals surface area contributed by atoms with Crippen molar-refractivity contribution in [3.8, 4) is 0 Å². The van der Waals surface area contributed by atoms with Crippen molar-refractivity contribution in [2.75, 3.05) is 6.54 Å². The Balaban J connectivity index is 2.73. The van der Waals surface area contributed by atoms with Crippen LogP contribution in [-0.2, 0) is 0 Å². The molecule has 0 radical (unpaired) electrons. The van der Waals surface area contributed by atoms with Gasteiger partial charge in [0.15, 0.2) is 0 Å². The van der Waals surface area contributed by atoms with E-state index in [0.717, 1.165) is 0 Å². The topological polar surface area (TPSA) is 118 Å². The first-order valence-electron chi connectivity index (χ1n) is 6.72. The van der Waals surface area contributed by atoms with E-state index in [1.54, 1.807) is 19.1 Å². The number of hydrogen-bond donors (Lipinski definition) is 2. The van der Waals surface area contributed by atoms with Gasteiger partial charge in [-0.25, -0.2) is 0 Å². The van der Waals surface area contributed by atoms with Gasteiger partial charge in [-0.3, -0.25) is 19.9 Å². The van der Waals surface area contributed by atoms with Crippen molar-refractivity contribution in [2.45, 2.75) is 26.3 Å². The third-order valence-electron chi connectivity index (χ3n) is 3.11. The number of rotatable bonds is 7. The number of pyridine rings is 1. The lowest BCUT2D eigenvalue weighted by Crippen LogP contribution is -2.29. The largest absolute Gasteiger partial charge is 0.411 e. The molecule has 0 spiro atoms. The van der Waals surface area contributed by atoms with E-state index in [-0.39, 0.29) is 18.2 Å². The smallest absolute Gasteiger partial charge is 0.251 e. The minimum absolute atomic E-state index is 0.0361. The van der Waals surface area contributed by atoms with E-state index < -0.39 is 11.0 Å². The predicted molar refractivity (Wildman–Crippen MR) is 80.6 cm³/mol. The second-order valence-electron chi connectivity index (χ2n) is 4.54. The Bertz CT molecular complexity index is 584. The first-order chi connectivity index (χ1) is 10.5. The van der Waals surface area contributed by atoms with Gasteiger partial charge in [0.25, 0.3) is 5.91 Å². The van der Waals surface area contributed by atoms with Crippen LogP contribution in [0.15, 0.2) is 41.3 Å². The third kappa shape index (κ3) is 4.97. The van der Waals surface area contributed by atoms with Crippen LogP contribution < -0.4 is 5.32 Å². The SMILES string of the molecule is CC/C(=C\C(CNC(=O)c1ccncc1)=N/O)C(C)[N+](=O)[O-]. The molecule has 0 saturated carbocycles. The molecule has 1 aromatic rings. The van der Waals surface area contributed by atoms with E-state index in [2.05, 4.69) is 15.5 Å². The molecule has 118 valence electrons. The monoisotopic (exact) mass is 306 g/mol. The van der Waals surface area contributed by atoms with Crippen LogP contribution in [0.5, 0.6) is 0 Å². The predicted octanol–water partition coefficient (Wildman–Crippen LogP) is 1.64. The van der Waals surface area contributed by atoms with Crippen molar-refractivity contribution in [3.63, 3.8) is 0 Å². The van der Waals surface area contributed by atoms with E-state index in [1.807, 2.05) is 0 Å². The average Bonchev–Trinajstić information content (AvgIpc) is 2.55. The van der Waals surface area contributed by atoms with Crippen molar-refractivity contribution in [3.05, 3.63) is 51.9 Å². The van der Waals surface area contributed by atoms with Gasteiger partial charge in [-0.2, -0.15) is 0 Å². The van der Waals surface area contributed by atoms with Gasteiger partial charge in [-0.15, -0.1) is 0 Å². The van der Waals surface area contributed by atoms with E-state index in [9.17, 15) is 14.9 Å². The number of amides is 1. The molecule has 1 rings (SSSR count). The normalized spacial score (nSPS) is 13.5. The maximum atomic E-state index is 11.9. The number of hydrogen-bond acceptors (Lipinski definition) is 6. The van der Waals surface area contributed by atoms with Gasteiger partial charge in [0.1, 0.15) is 0 Å². The number of carbonyl (C=O) groups excluding carboxylic acids is 1. The van der Waals surface area contributed by atoms with E-state index in [0.29, 0.717) is 17.6 Å². The zero-order chi connectivity index (χ0) is 16.5. The van der Waals surface area contributed by atoms with Crippen LogP contribution in [0.25, 0.3) is 0 Å². The average molecular weight is 306 g/mol. The highest BCUT2D eigenvalue weighted by Gasteiger charge is 2.18. The summed E-state index contributed by atoms with van der Waals surface area (Å²) in [5.74, 6) is -0.350. The van der Waals surface area contributed by atoms with Gasteiger partial charge in [0.05, 0.1) is 12.3 Å². The molecule has 0 bridgehead atoms. The summed E-state index contributed by atoms with van der Waals surface area (Å²) in [5.41, 5.74) is 1.08. The van der Waals surface area contributed by atoms with Crippen molar-refractivity contribution in [2.24, 2.45) is 5.16 Å². The summed E-state index contributed by atoms with van der Waals surface area (Å²) >= 11 is 0. The number of nitro groups is 1. The van der Waals surface area contributed by atoms with Crippen molar-refractivity contribution < 1.29 is 14.9 Å². The lowest BCUT2D eigenvalue weighted by molar-refractivity contribution is -0.507. The fourth-order valence-corrected chi connectivity index (χ4v) is 1.76. The Kier molecular flexibility index (Phi) is 6.68. The van der Waals surface area contributed by atoms with Crippen molar-refractivity contribution in [1.82, 2.24) is 10.3 Å². The van der Waals surface area contributed by atoms with E-state index in [4.69, 9.17) is 5.21 Å². The number of nitrogens with one attached hydrogen (secondary N) is 1. The molecule has 0 fully saturated rings. The minimum atomic E-state index is -0.877. The van der Waals surface area contributed by atoms with Crippen LogP contribution in [-0.4, -0.2) is 39.3 Å². The van der Waals surface area contributed by atoms with Gasteiger partial charge in [0, 0.05) is 35.4 Å². The maximum Gasteiger partial charge on any atom is 0.251 e. The molecule has 22 heavy (non-hydrogen) atoms. The molecule has 1 aromatic heterocycles. The zero-order valence-corrected chi connectivity index (χ0v) is 12.4. The summed E-state index contributed by atoms with van der Waals surface area (Å²) in [5, 5.41) is 25.4.